The van der Waals surface area contributed by atoms with E-state index in [1.807, 2.05) is 6.92 Å². The Morgan fingerprint density at radius 3 is 2.50 bits per heavy atom. The van der Waals surface area contributed by atoms with Crippen molar-refractivity contribution in [2.45, 2.75) is 20.8 Å². The maximum absolute atomic E-state index is 12.3. The number of hydrogen-bond donors (Lipinski definition) is 1. The van der Waals surface area contributed by atoms with Crippen molar-refractivity contribution in [2.24, 2.45) is 0 Å². The third-order valence-corrected chi connectivity index (χ3v) is 5.36. The lowest BCUT2D eigenvalue weighted by Crippen LogP contribution is -2.21. The van der Waals surface area contributed by atoms with Crippen LogP contribution in [0.25, 0.3) is 0 Å². The second-order valence-corrected chi connectivity index (χ2v) is 7.15. The summed E-state index contributed by atoms with van der Waals surface area (Å²) in [6.07, 6.45) is 0. The third kappa shape index (κ3) is 5.02. The highest BCUT2D eigenvalue weighted by molar-refractivity contribution is 7.18. The van der Waals surface area contributed by atoms with Gasteiger partial charge in [0.15, 0.2) is 6.61 Å². The highest BCUT2D eigenvalue weighted by Gasteiger charge is 2.27. The van der Waals surface area contributed by atoms with Crippen LogP contribution in [0.2, 0.25) is 5.02 Å². The molecule has 2 rings (SSSR count). The second kappa shape index (κ2) is 9.57. The molecule has 0 aliphatic carbocycles. The lowest BCUT2D eigenvalue weighted by atomic mass is 10.1. The minimum Gasteiger partial charge on any atom is -0.484 e. The fourth-order valence-corrected chi connectivity index (χ4v) is 3.60. The van der Waals surface area contributed by atoms with Crippen molar-refractivity contribution in [1.82, 2.24) is 0 Å². The van der Waals surface area contributed by atoms with E-state index < -0.39 is 17.8 Å². The molecule has 0 bridgehead atoms. The molecule has 0 saturated heterocycles. The molecule has 0 fully saturated rings. The summed E-state index contributed by atoms with van der Waals surface area (Å²) < 4.78 is 15.2. The lowest BCUT2D eigenvalue weighted by Gasteiger charge is -2.09. The maximum atomic E-state index is 12.3. The highest BCUT2D eigenvalue weighted by atomic mass is 35.5. The van der Waals surface area contributed by atoms with Crippen molar-refractivity contribution >= 4 is 45.8 Å². The van der Waals surface area contributed by atoms with Gasteiger partial charge < -0.3 is 19.5 Å². The van der Waals surface area contributed by atoms with Gasteiger partial charge in [0.1, 0.15) is 15.6 Å². The van der Waals surface area contributed by atoms with Gasteiger partial charge in [-0.05, 0) is 50.1 Å². The van der Waals surface area contributed by atoms with Crippen LogP contribution >= 0.6 is 22.9 Å². The summed E-state index contributed by atoms with van der Waals surface area (Å²) >= 11 is 6.91. The zero-order chi connectivity index (χ0) is 20.8. The summed E-state index contributed by atoms with van der Waals surface area (Å²) in [7, 11) is 1.24. The van der Waals surface area contributed by atoms with Crippen LogP contribution in [0.5, 0.6) is 5.75 Å². The number of hydrogen-bond acceptors (Lipinski definition) is 7. The molecule has 1 amide bonds. The normalized spacial score (nSPS) is 10.3. The minimum absolute atomic E-state index is 0.128. The first-order valence-corrected chi connectivity index (χ1v) is 9.55. The number of carbonyl (C=O) groups is 3. The van der Waals surface area contributed by atoms with Crippen LogP contribution in [-0.2, 0) is 14.3 Å². The quantitative estimate of drug-likeness (QED) is 0.674. The third-order valence-electron chi connectivity index (χ3n) is 3.75. The Hall–Kier alpha value is -2.58. The summed E-state index contributed by atoms with van der Waals surface area (Å²) in [5.41, 5.74) is 1.34. The van der Waals surface area contributed by atoms with E-state index >= 15 is 0 Å². The van der Waals surface area contributed by atoms with Crippen molar-refractivity contribution < 1.29 is 28.6 Å². The number of benzene rings is 1. The Labute approximate surface area is 171 Å². The van der Waals surface area contributed by atoms with Gasteiger partial charge in [0.25, 0.3) is 5.91 Å². The largest absolute Gasteiger partial charge is 0.484 e. The lowest BCUT2D eigenvalue weighted by molar-refractivity contribution is -0.118. The van der Waals surface area contributed by atoms with E-state index in [1.165, 1.54) is 7.11 Å². The first-order chi connectivity index (χ1) is 13.3. The molecule has 0 radical (unpaired) electrons. The van der Waals surface area contributed by atoms with E-state index in [-0.39, 0.29) is 28.7 Å². The summed E-state index contributed by atoms with van der Waals surface area (Å²) in [4.78, 5) is 36.7. The molecule has 0 aliphatic heterocycles. The molecule has 1 N–H and O–H groups in total. The number of thiophene rings is 1. The van der Waals surface area contributed by atoms with Gasteiger partial charge in [0.2, 0.25) is 0 Å². The van der Waals surface area contributed by atoms with Gasteiger partial charge in [-0.3, -0.25) is 4.79 Å². The summed E-state index contributed by atoms with van der Waals surface area (Å²) in [5.74, 6) is -1.23. The average Bonchev–Trinajstić information content (AvgIpc) is 2.98. The van der Waals surface area contributed by atoms with Gasteiger partial charge in [-0.1, -0.05) is 11.6 Å². The van der Waals surface area contributed by atoms with E-state index in [0.29, 0.717) is 16.3 Å². The molecule has 7 nitrogen and oxygen atoms in total. The Balaban J connectivity index is 2.18. The van der Waals surface area contributed by atoms with Gasteiger partial charge in [0, 0.05) is 5.02 Å². The number of esters is 2. The molecular formula is C19H20ClNO6S. The van der Waals surface area contributed by atoms with Crippen molar-refractivity contribution in [3.8, 4) is 5.75 Å². The van der Waals surface area contributed by atoms with Gasteiger partial charge in [-0.25, -0.2) is 9.59 Å². The Morgan fingerprint density at radius 2 is 1.89 bits per heavy atom. The molecule has 2 aromatic rings. The van der Waals surface area contributed by atoms with Crippen molar-refractivity contribution in [1.29, 1.82) is 0 Å². The van der Waals surface area contributed by atoms with E-state index in [9.17, 15) is 14.4 Å². The molecule has 0 saturated carbocycles. The van der Waals surface area contributed by atoms with Crippen LogP contribution in [0.15, 0.2) is 18.2 Å². The zero-order valence-corrected chi connectivity index (χ0v) is 17.5. The molecule has 1 aromatic carbocycles. The summed E-state index contributed by atoms with van der Waals surface area (Å²) in [5, 5.41) is 3.41. The predicted molar refractivity (Wildman–Crippen MR) is 107 cm³/mol. The number of aryl methyl sites for hydroxylation is 1. The van der Waals surface area contributed by atoms with Crippen LogP contribution in [-0.4, -0.2) is 38.2 Å². The summed E-state index contributed by atoms with van der Waals surface area (Å²) in [6.45, 7) is 4.96. The molecule has 1 aromatic heterocycles. The van der Waals surface area contributed by atoms with E-state index in [4.69, 9.17) is 25.8 Å². The maximum Gasteiger partial charge on any atom is 0.348 e. The molecule has 0 aliphatic rings. The van der Waals surface area contributed by atoms with Crippen LogP contribution in [0.3, 0.4) is 0 Å². The number of amides is 1. The first kappa shape index (κ1) is 21.7. The number of halogens is 1. The number of carbonyl (C=O) groups excluding carboxylic acids is 3. The van der Waals surface area contributed by atoms with Crippen LogP contribution in [0.4, 0.5) is 5.00 Å². The van der Waals surface area contributed by atoms with Crippen molar-refractivity contribution in [3.63, 3.8) is 0 Å². The molecule has 0 spiro atoms. The van der Waals surface area contributed by atoms with Crippen LogP contribution in [0.1, 0.15) is 38.1 Å². The monoisotopic (exact) mass is 425 g/mol. The van der Waals surface area contributed by atoms with Gasteiger partial charge in [0.05, 0.1) is 19.3 Å². The Kier molecular flexibility index (Phi) is 7.42. The predicted octanol–water partition coefficient (Wildman–Crippen LogP) is 4.00. The fraction of sp³-hybridized carbons (Fsp3) is 0.316. The number of anilines is 1. The minimum atomic E-state index is -0.629. The number of rotatable bonds is 7. The molecule has 150 valence electrons. The molecule has 0 atom stereocenters. The molecule has 28 heavy (non-hydrogen) atoms. The number of ether oxygens (including phenoxy) is 3. The van der Waals surface area contributed by atoms with E-state index in [0.717, 1.165) is 16.9 Å². The van der Waals surface area contributed by atoms with Crippen LogP contribution < -0.4 is 10.1 Å². The fourth-order valence-electron chi connectivity index (χ4n) is 2.36. The average molecular weight is 426 g/mol. The van der Waals surface area contributed by atoms with Gasteiger partial charge in [-0.15, -0.1) is 11.3 Å². The molecule has 0 unspecified atom stereocenters. The molecule has 1 heterocycles. The SMILES string of the molecule is CCOC(=O)c1c(NC(=O)COc2ccc(Cl)c(C)c2)sc(C(=O)OC)c1C. The Morgan fingerprint density at radius 1 is 1.18 bits per heavy atom. The van der Waals surface area contributed by atoms with Gasteiger partial charge >= 0.3 is 11.9 Å². The number of methoxy groups -OCH3 is 1. The van der Waals surface area contributed by atoms with E-state index in [2.05, 4.69) is 5.32 Å². The molecular weight excluding hydrogens is 406 g/mol. The highest BCUT2D eigenvalue weighted by Crippen LogP contribution is 2.34. The second-order valence-electron chi connectivity index (χ2n) is 5.72. The first-order valence-electron chi connectivity index (χ1n) is 8.36. The van der Waals surface area contributed by atoms with Crippen molar-refractivity contribution in [2.75, 3.05) is 25.6 Å². The van der Waals surface area contributed by atoms with Crippen LogP contribution in [0, 0.1) is 13.8 Å². The topological polar surface area (TPSA) is 90.9 Å². The smallest absolute Gasteiger partial charge is 0.348 e. The standard InChI is InChI=1S/C19H20ClNO6S/c1-5-26-18(23)15-11(3)16(19(24)25-4)28-17(15)21-14(22)9-27-12-6-7-13(20)10(2)8-12/h6-8H,5,9H2,1-4H3,(H,21,22). The van der Waals surface area contributed by atoms with E-state index in [1.54, 1.807) is 32.0 Å². The van der Waals surface area contributed by atoms with Crippen molar-refractivity contribution in [3.05, 3.63) is 44.8 Å². The number of nitrogens with one attached hydrogen (secondary N) is 1. The molecule has 9 heteroatoms. The Bertz CT molecular complexity index is 908. The zero-order valence-electron chi connectivity index (χ0n) is 15.9. The van der Waals surface area contributed by atoms with Gasteiger partial charge in [-0.2, -0.15) is 0 Å². The summed E-state index contributed by atoms with van der Waals surface area (Å²) in [6, 6.07) is 5.04.